The van der Waals surface area contributed by atoms with E-state index < -0.39 is 17.6 Å². The van der Waals surface area contributed by atoms with Gasteiger partial charge in [0.05, 0.1) is 16.9 Å². The van der Waals surface area contributed by atoms with Gasteiger partial charge in [0, 0.05) is 12.3 Å². The molecular formula is C11H7F3N4O2. The van der Waals surface area contributed by atoms with Gasteiger partial charge in [0.25, 0.3) is 0 Å². The zero-order valence-electron chi connectivity index (χ0n) is 9.73. The molecule has 20 heavy (non-hydrogen) atoms. The van der Waals surface area contributed by atoms with Crippen LogP contribution in [0.15, 0.2) is 33.6 Å². The number of anilines is 1. The van der Waals surface area contributed by atoms with Crippen molar-refractivity contribution in [3.05, 3.63) is 40.6 Å². The third-order valence-corrected chi connectivity index (χ3v) is 2.69. The summed E-state index contributed by atoms with van der Waals surface area (Å²) in [6.07, 6.45) is -3.40. The van der Waals surface area contributed by atoms with Gasteiger partial charge >= 0.3 is 11.9 Å². The van der Waals surface area contributed by atoms with E-state index in [1.54, 1.807) is 0 Å². The second-order valence-electron chi connectivity index (χ2n) is 4.07. The molecule has 0 unspecified atom stereocenters. The number of halogens is 3. The van der Waals surface area contributed by atoms with E-state index in [9.17, 15) is 18.0 Å². The Labute approximate surface area is 108 Å². The molecule has 9 heteroatoms. The van der Waals surface area contributed by atoms with Crippen LogP contribution in [0.1, 0.15) is 5.69 Å². The Bertz CT molecular complexity index is 843. The van der Waals surface area contributed by atoms with Crippen molar-refractivity contribution < 1.29 is 17.6 Å². The first-order chi connectivity index (χ1) is 9.34. The van der Waals surface area contributed by atoms with Crippen LogP contribution in [0.3, 0.4) is 0 Å². The lowest BCUT2D eigenvalue weighted by atomic mass is 10.2. The zero-order chi connectivity index (χ0) is 14.5. The number of aromatic nitrogens is 3. The standard InChI is InChI=1S/C11H7F3N4O2/c12-11(13,14)9-1-2-18(17-9)7-4-6-8(3-5(7)15)20-10(19)16-6/h1-4H,15H2,(H,16,19). The number of nitrogen functional groups attached to an aromatic ring is 1. The summed E-state index contributed by atoms with van der Waals surface area (Å²) in [5.74, 6) is -0.673. The van der Waals surface area contributed by atoms with Gasteiger partial charge in [-0.1, -0.05) is 0 Å². The lowest BCUT2D eigenvalue weighted by molar-refractivity contribution is -0.141. The molecule has 0 bridgehead atoms. The number of rotatable bonds is 1. The predicted molar refractivity (Wildman–Crippen MR) is 63.4 cm³/mol. The minimum absolute atomic E-state index is 0.136. The van der Waals surface area contributed by atoms with Crippen LogP contribution in [0.2, 0.25) is 0 Å². The average Bonchev–Trinajstić information content (AvgIpc) is 2.92. The van der Waals surface area contributed by atoms with Gasteiger partial charge in [-0.15, -0.1) is 0 Å². The Morgan fingerprint density at radius 3 is 2.75 bits per heavy atom. The number of oxazole rings is 1. The van der Waals surface area contributed by atoms with Crippen LogP contribution in [0.5, 0.6) is 0 Å². The van der Waals surface area contributed by atoms with Crippen LogP contribution in [-0.4, -0.2) is 14.8 Å². The molecule has 0 radical (unpaired) electrons. The molecule has 0 saturated carbocycles. The molecule has 0 saturated heterocycles. The van der Waals surface area contributed by atoms with Gasteiger partial charge in [-0.25, -0.2) is 9.48 Å². The fourth-order valence-electron chi connectivity index (χ4n) is 1.81. The van der Waals surface area contributed by atoms with Crippen molar-refractivity contribution in [1.29, 1.82) is 0 Å². The number of nitrogens with zero attached hydrogens (tertiary/aromatic N) is 2. The normalized spacial score (nSPS) is 12.2. The van der Waals surface area contributed by atoms with E-state index in [-0.39, 0.29) is 17.0 Å². The highest BCUT2D eigenvalue weighted by Gasteiger charge is 2.33. The largest absolute Gasteiger partial charge is 0.435 e. The lowest BCUT2D eigenvalue weighted by Crippen LogP contribution is -2.08. The summed E-state index contributed by atoms with van der Waals surface area (Å²) in [5.41, 5.74) is 5.59. The second kappa shape index (κ2) is 3.89. The predicted octanol–water partition coefficient (Wildman–Crippen LogP) is 1.91. The van der Waals surface area contributed by atoms with E-state index in [2.05, 4.69) is 10.1 Å². The lowest BCUT2D eigenvalue weighted by Gasteiger charge is -2.06. The van der Waals surface area contributed by atoms with Crippen LogP contribution in [0.4, 0.5) is 18.9 Å². The first-order valence-electron chi connectivity index (χ1n) is 5.40. The third-order valence-electron chi connectivity index (χ3n) is 2.69. The number of benzene rings is 1. The molecule has 0 spiro atoms. The van der Waals surface area contributed by atoms with E-state index in [4.69, 9.17) is 10.2 Å². The Morgan fingerprint density at radius 2 is 2.10 bits per heavy atom. The minimum atomic E-state index is -4.53. The van der Waals surface area contributed by atoms with E-state index in [0.29, 0.717) is 5.52 Å². The highest BCUT2D eigenvalue weighted by atomic mass is 19.4. The molecule has 3 rings (SSSR count). The number of nitrogens with one attached hydrogen (secondary N) is 1. The van der Waals surface area contributed by atoms with Crippen LogP contribution in [0.25, 0.3) is 16.8 Å². The van der Waals surface area contributed by atoms with E-state index >= 15 is 0 Å². The summed E-state index contributed by atoms with van der Waals surface area (Å²) in [5, 5.41) is 3.42. The summed E-state index contributed by atoms with van der Waals surface area (Å²) in [6.45, 7) is 0. The fraction of sp³-hybridized carbons (Fsp3) is 0.0909. The van der Waals surface area contributed by atoms with Gasteiger partial charge in [-0.3, -0.25) is 4.98 Å². The maximum atomic E-state index is 12.5. The van der Waals surface area contributed by atoms with Crippen molar-refractivity contribution >= 4 is 16.8 Å². The van der Waals surface area contributed by atoms with Crippen molar-refractivity contribution in [3.8, 4) is 5.69 Å². The molecule has 0 aliphatic heterocycles. The molecule has 6 nitrogen and oxygen atoms in total. The molecule has 0 amide bonds. The summed E-state index contributed by atoms with van der Waals surface area (Å²) in [4.78, 5) is 13.4. The Balaban J connectivity index is 2.16. The van der Waals surface area contributed by atoms with E-state index in [0.717, 1.165) is 16.9 Å². The smallest absolute Gasteiger partial charge is 0.408 e. The maximum Gasteiger partial charge on any atom is 0.435 e. The average molecular weight is 284 g/mol. The van der Waals surface area contributed by atoms with Gasteiger partial charge in [0.2, 0.25) is 0 Å². The summed E-state index contributed by atoms with van der Waals surface area (Å²) in [6, 6.07) is 3.57. The van der Waals surface area contributed by atoms with Crippen molar-refractivity contribution in [2.75, 3.05) is 5.73 Å². The van der Waals surface area contributed by atoms with Gasteiger partial charge < -0.3 is 10.2 Å². The van der Waals surface area contributed by atoms with Crippen molar-refractivity contribution in [1.82, 2.24) is 14.8 Å². The van der Waals surface area contributed by atoms with Crippen molar-refractivity contribution in [2.45, 2.75) is 6.18 Å². The number of nitrogens with two attached hydrogens (primary N) is 1. The molecule has 0 fully saturated rings. The molecule has 0 atom stereocenters. The number of alkyl halides is 3. The third kappa shape index (κ3) is 1.92. The molecule has 0 aliphatic rings. The number of aromatic amines is 1. The first-order valence-corrected chi connectivity index (χ1v) is 5.40. The molecule has 104 valence electrons. The topological polar surface area (TPSA) is 89.8 Å². The van der Waals surface area contributed by atoms with Gasteiger partial charge in [-0.2, -0.15) is 18.3 Å². The molecule has 2 heterocycles. The maximum absolute atomic E-state index is 12.5. The molecular weight excluding hydrogens is 277 g/mol. The first kappa shape index (κ1) is 12.3. The van der Waals surface area contributed by atoms with Crippen LogP contribution >= 0.6 is 0 Å². The monoisotopic (exact) mass is 284 g/mol. The molecule has 0 aliphatic carbocycles. The van der Waals surface area contributed by atoms with Crippen LogP contribution < -0.4 is 11.5 Å². The molecule has 2 aromatic heterocycles. The molecule has 1 aromatic carbocycles. The molecule has 3 aromatic rings. The number of fused-ring (bicyclic) bond motifs is 1. The summed E-state index contributed by atoms with van der Waals surface area (Å²) >= 11 is 0. The highest BCUT2D eigenvalue weighted by Crippen LogP contribution is 2.29. The molecule has 3 N–H and O–H groups in total. The fourth-order valence-corrected chi connectivity index (χ4v) is 1.81. The van der Waals surface area contributed by atoms with E-state index in [1.807, 2.05) is 0 Å². The minimum Gasteiger partial charge on any atom is -0.408 e. The van der Waals surface area contributed by atoms with Gasteiger partial charge in [-0.05, 0) is 12.1 Å². The van der Waals surface area contributed by atoms with E-state index in [1.165, 1.54) is 12.1 Å². The van der Waals surface area contributed by atoms with Crippen LogP contribution in [-0.2, 0) is 6.18 Å². The van der Waals surface area contributed by atoms with Crippen LogP contribution in [0, 0.1) is 0 Å². The number of hydrogen-bond donors (Lipinski definition) is 2. The Kier molecular flexibility index (Phi) is 2.40. The quantitative estimate of drug-likeness (QED) is 0.668. The second-order valence-corrected chi connectivity index (χ2v) is 4.07. The highest BCUT2D eigenvalue weighted by molar-refractivity contribution is 5.81. The number of hydrogen-bond acceptors (Lipinski definition) is 4. The Hall–Kier alpha value is -2.71. The zero-order valence-corrected chi connectivity index (χ0v) is 9.73. The van der Waals surface area contributed by atoms with Gasteiger partial charge in [0.15, 0.2) is 11.3 Å². The van der Waals surface area contributed by atoms with Gasteiger partial charge in [0.1, 0.15) is 0 Å². The number of H-pyrrole nitrogens is 1. The van der Waals surface area contributed by atoms with Crippen molar-refractivity contribution in [3.63, 3.8) is 0 Å². The summed E-state index contributed by atoms with van der Waals surface area (Å²) < 4.78 is 43.3. The summed E-state index contributed by atoms with van der Waals surface area (Å²) in [7, 11) is 0. The van der Waals surface area contributed by atoms with Crippen molar-refractivity contribution in [2.24, 2.45) is 0 Å². The Morgan fingerprint density at radius 1 is 1.35 bits per heavy atom. The SMILES string of the molecule is Nc1cc2oc(=O)[nH]c2cc1-n1ccc(C(F)(F)F)n1.